The first kappa shape index (κ1) is 8.53. The number of nitrogens with zero attached hydrogens (tertiary/aromatic N) is 3. The maximum absolute atomic E-state index is 5.83. The van der Waals surface area contributed by atoms with E-state index in [9.17, 15) is 0 Å². The van der Waals surface area contributed by atoms with E-state index < -0.39 is 0 Å². The molecule has 0 unspecified atom stereocenters. The highest BCUT2D eigenvalue weighted by atomic mass is 35.5. The molecule has 1 aliphatic heterocycles. The Balaban J connectivity index is 2.42. The third kappa shape index (κ3) is 1.66. The Morgan fingerprint density at radius 1 is 1.08 bits per heavy atom. The van der Waals surface area contributed by atoms with Gasteiger partial charge in [-0.1, -0.05) is 29.3 Å². The first-order valence-corrected chi connectivity index (χ1v) is 4.29. The van der Waals surface area contributed by atoms with Crippen LogP contribution in [0.1, 0.15) is 5.56 Å². The predicted molar refractivity (Wildman–Crippen MR) is 51.4 cm³/mol. The molecule has 1 heterocycles. The lowest BCUT2D eigenvalue weighted by molar-refractivity contribution is 0.906. The number of benzene rings is 1. The quantitative estimate of drug-likeness (QED) is 0.686. The molecular formula is C8H4Cl2N3. The zero-order chi connectivity index (χ0) is 9.26. The zero-order valence-electron chi connectivity index (χ0n) is 6.41. The van der Waals surface area contributed by atoms with Gasteiger partial charge < -0.3 is 0 Å². The minimum absolute atomic E-state index is 0.502. The molecule has 2 rings (SSSR count). The van der Waals surface area contributed by atoms with Crippen LogP contribution in [-0.2, 0) is 0 Å². The Kier molecular flexibility index (Phi) is 2.20. The van der Waals surface area contributed by atoms with E-state index in [1.807, 2.05) is 6.07 Å². The Labute approximate surface area is 85.0 Å². The largest absolute Gasteiger partial charge is 0.136 e. The Hall–Kier alpha value is -1.06. The van der Waals surface area contributed by atoms with Gasteiger partial charge in [-0.3, -0.25) is 0 Å². The zero-order valence-corrected chi connectivity index (χ0v) is 7.92. The second-order valence-corrected chi connectivity index (χ2v) is 3.26. The molecule has 1 radical (unpaired) electrons. The molecular weight excluding hydrogens is 209 g/mol. The summed E-state index contributed by atoms with van der Waals surface area (Å²) in [7, 11) is 0. The standard InChI is InChI=1S/C8H4Cl2N3/c9-6-2-1-5(3-7(6)10)8-4-11-13-12-8/h1-4H. The minimum atomic E-state index is 0.502. The van der Waals surface area contributed by atoms with E-state index >= 15 is 0 Å². The molecule has 0 saturated heterocycles. The maximum Gasteiger partial charge on any atom is 0.115 e. The molecule has 13 heavy (non-hydrogen) atoms. The van der Waals surface area contributed by atoms with Crippen LogP contribution in [0.3, 0.4) is 0 Å². The lowest BCUT2D eigenvalue weighted by atomic mass is 10.2. The normalized spacial score (nSPS) is 14.2. The van der Waals surface area contributed by atoms with Crippen LogP contribution in [0, 0.1) is 0 Å². The third-order valence-corrected chi connectivity index (χ3v) is 2.34. The molecule has 0 aliphatic carbocycles. The van der Waals surface area contributed by atoms with Gasteiger partial charge in [0.15, 0.2) is 0 Å². The second kappa shape index (κ2) is 3.36. The van der Waals surface area contributed by atoms with Gasteiger partial charge in [0.25, 0.3) is 0 Å². The highest BCUT2D eigenvalue weighted by Gasteiger charge is 2.07. The van der Waals surface area contributed by atoms with Crippen molar-refractivity contribution < 1.29 is 0 Å². The summed E-state index contributed by atoms with van der Waals surface area (Å²) in [5.41, 5.74) is 5.17. The number of hydrogen-bond acceptors (Lipinski definition) is 2. The van der Waals surface area contributed by atoms with Crippen molar-refractivity contribution in [2.45, 2.75) is 0 Å². The molecule has 0 saturated carbocycles. The molecule has 5 heteroatoms. The predicted octanol–water partition coefficient (Wildman–Crippen LogP) is 3.28. The van der Waals surface area contributed by atoms with Crippen molar-refractivity contribution in [1.82, 2.24) is 5.43 Å². The SMILES string of the molecule is Clc1ccc(C2=C[N]N=N2)cc1Cl. The summed E-state index contributed by atoms with van der Waals surface area (Å²) in [6.45, 7) is 0. The van der Waals surface area contributed by atoms with Crippen LogP contribution in [0.15, 0.2) is 34.7 Å². The van der Waals surface area contributed by atoms with Gasteiger partial charge in [-0.25, -0.2) is 0 Å². The van der Waals surface area contributed by atoms with Gasteiger partial charge in [0.05, 0.1) is 16.2 Å². The van der Waals surface area contributed by atoms with Crippen molar-refractivity contribution >= 4 is 28.9 Å². The molecule has 0 fully saturated rings. The van der Waals surface area contributed by atoms with Crippen LogP contribution >= 0.6 is 23.2 Å². The van der Waals surface area contributed by atoms with Gasteiger partial charge in [-0.15, -0.1) is 10.5 Å². The molecule has 1 aromatic carbocycles. The van der Waals surface area contributed by atoms with Gasteiger partial charge in [-0.05, 0) is 17.4 Å². The molecule has 65 valence electrons. The van der Waals surface area contributed by atoms with Gasteiger partial charge in [-0.2, -0.15) is 0 Å². The molecule has 0 amide bonds. The molecule has 0 aromatic heterocycles. The van der Waals surface area contributed by atoms with E-state index in [0.29, 0.717) is 15.7 Å². The molecule has 1 aromatic rings. The van der Waals surface area contributed by atoms with E-state index in [0.717, 1.165) is 5.56 Å². The lowest BCUT2D eigenvalue weighted by Gasteiger charge is -1.99. The van der Waals surface area contributed by atoms with Crippen LogP contribution in [-0.4, -0.2) is 0 Å². The topological polar surface area (TPSA) is 38.8 Å². The van der Waals surface area contributed by atoms with Crippen molar-refractivity contribution in [3.05, 3.63) is 40.0 Å². The van der Waals surface area contributed by atoms with E-state index in [1.165, 1.54) is 0 Å². The fourth-order valence-electron chi connectivity index (χ4n) is 0.968. The van der Waals surface area contributed by atoms with Crippen molar-refractivity contribution in [2.75, 3.05) is 0 Å². The van der Waals surface area contributed by atoms with Gasteiger partial charge in [0.1, 0.15) is 5.70 Å². The molecule has 1 aliphatic rings. The van der Waals surface area contributed by atoms with Crippen molar-refractivity contribution in [3.8, 4) is 0 Å². The lowest BCUT2D eigenvalue weighted by Crippen LogP contribution is -1.80. The monoisotopic (exact) mass is 212 g/mol. The highest BCUT2D eigenvalue weighted by Crippen LogP contribution is 2.27. The van der Waals surface area contributed by atoms with Crippen LogP contribution in [0.2, 0.25) is 10.0 Å². The summed E-state index contributed by atoms with van der Waals surface area (Å²) < 4.78 is 0. The Morgan fingerprint density at radius 2 is 1.92 bits per heavy atom. The summed E-state index contributed by atoms with van der Waals surface area (Å²) in [6, 6.07) is 5.27. The highest BCUT2D eigenvalue weighted by molar-refractivity contribution is 6.42. The number of hydrogen-bond donors (Lipinski definition) is 0. The minimum Gasteiger partial charge on any atom is -0.136 e. The first-order valence-electron chi connectivity index (χ1n) is 3.54. The van der Waals surface area contributed by atoms with Gasteiger partial charge in [0.2, 0.25) is 0 Å². The summed E-state index contributed by atoms with van der Waals surface area (Å²) in [5.74, 6) is 0. The van der Waals surface area contributed by atoms with Crippen LogP contribution in [0.25, 0.3) is 5.70 Å². The molecule has 0 bridgehead atoms. The number of halogens is 2. The van der Waals surface area contributed by atoms with Crippen LogP contribution in [0.4, 0.5) is 0 Å². The summed E-state index contributed by atoms with van der Waals surface area (Å²) in [5, 5.41) is 8.30. The second-order valence-electron chi connectivity index (χ2n) is 2.45. The van der Waals surface area contributed by atoms with Gasteiger partial charge >= 0.3 is 0 Å². The first-order chi connectivity index (χ1) is 6.27. The van der Waals surface area contributed by atoms with E-state index in [4.69, 9.17) is 23.2 Å². The smallest absolute Gasteiger partial charge is 0.115 e. The van der Waals surface area contributed by atoms with Crippen LogP contribution in [0.5, 0.6) is 0 Å². The van der Waals surface area contributed by atoms with Crippen LogP contribution < -0.4 is 5.43 Å². The van der Waals surface area contributed by atoms with E-state index in [1.54, 1.807) is 18.3 Å². The van der Waals surface area contributed by atoms with Crippen molar-refractivity contribution in [1.29, 1.82) is 0 Å². The summed E-state index contributed by atoms with van der Waals surface area (Å²) in [6.07, 6.45) is 1.57. The molecule has 0 N–H and O–H groups in total. The number of rotatable bonds is 1. The average Bonchev–Trinajstić information content (AvgIpc) is 2.62. The van der Waals surface area contributed by atoms with Crippen molar-refractivity contribution in [3.63, 3.8) is 0 Å². The van der Waals surface area contributed by atoms with Crippen molar-refractivity contribution in [2.24, 2.45) is 10.3 Å². The summed E-state index contributed by atoms with van der Waals surface area (Å²) >= 11 is 11.6. The maximum atomic E-state index is 5.83. The molecule has 3 nitrogen and oxygen atoms in total. The Bertz CT molecular complexity index is 398. The fourth-order valence-corrected chi connectivity index (χ4v) is 1.27. The molecule has 0 atom stereocenters. The van der Waals surface area contributed by atoms with E-state index in [-0.39, 0.29) is 0 Å². The third-order valence-electron chi connectivity index (χ3n) is 1.60. The average molecular weight is 213 g/mol. The molecule has 0 spiro atoms. The summed E-state index contributed by atoms with van der Waals surface area (Å²) in [4.78, 5) is 0. The Morgan fingerprint density at radius 3 is 2.54 bits per heavy atom. The van der Waals surface area contributed by atoms with E-state index in [2.05, 4.69) is 15.8 Å². The fraction of sp³-hybridized carbons (Fsp3) is 0. The van der Waals surface area contributed by atoms with Gasteiger partial charge in [0, 0.05) is 5.56 Å².